The van der Waals surface area contributed by atoms with E-state index >= 15 is 0 Å². The van der Waals surface area contributed by atoms with Gasteiger partial charge in [0.05, 0.1) is 13.2 Å². The lowest BCUT2D eigenvalue weighted by atomic mass is 9.90. The Hall–Kier alpha value is -1.22. The van der Waals surface area contributed by atoms with Crippen molar-refractivity contribution in [3.63, 3.8) is 0 Å². The highest BCUT2D eigenvalue weighted by Gasteiger charge is 2.20. The molecule has 1 atom stereocenters. The lowest BCUT2D eigenvalue weighted by Crippen LogP contribution is -2.31. The largest absolute Gasteiger partial charge is 0.490 e. The molecule has 3 heteroatoms. The highest BCUT2D eigenvalue weighted by Crippen LogP contribution is 2.32. The average molecular weight is 237 g/mol. The lowest BCUT2D eigenvalue weighted by Gasteiger charge is -2.24. The van der Waals surface area contributed by atoms with Gasteiger partial charge in [0.25, 0.3) is 0 Å². The number of rotatable bonds is 6. The van der Waals surface area contributed by atoms with Crippen molar-refractivity contribution in [1.82, 2.24) is 0 Å². The van der Waals surface area contributed by atoms with Gasteiger partial charge in [-0.3, -0.25) is 0 Å². The van der Waals surface area contributed by atoms with Gasteiger partial charge < -0.3 is 15.2 Å². The van der Waals surface area contributed by atoms with Crippen molar-refractivity contribution in [2.75, 3.05) is 13.2 Å². The van der Waals surface area contributed by atoms with E-state index < -0.39 is 0 Å². The van der Waals surface area contributed by atoms with Crippen LogP contribution in [0.4, 0.5) is 0 Å². The van der Waals surface area contributed by atoms with E-state index in [0.717, 1.165) is 23.5 Å². The molecule has 2 N–H and O–H groups in total. The molecule has 0 spiro atoms. The van der Waals surface area contributed by atoms with Crippen molar-refractivity contribution < 1.29 is 9.47 Å². The number of hydrogen-bond donors (Lipinski definition) is 1. The summed E-state index contributed by atoms with van der Waals surface area (Å²) in [5.74, 6) is 1.56. The van der Waals surface area contributed by atoms with Gasteiger partial charge in [-0.05, 0) is 44.9 Å². The Labute approximate surface area is 104 Å². The maximum absolute atomic E-state index is 6.23. The molecule has 0 saturated heterocycles. The second-order valence-corrected chi connectivity index (χ2v) is 4.30. The molecule has 0 aromatic heterocycles. The van der Waals surface area contributed by atoms with Gasteiger partial charge in [0, 0.05) is 5.54 Å². The molecular weight excluding hydrogens is 214 g/mol. The first-order valence-electron chi connectivity index (χ1n) is 6.24. The molecule has 17 heavy (non-hydrogen) atoms. The maximum Gasteiger partial charge on any atom is 0.161 e. The van der Waals surface area contributed by atoms with Crippen LogP contribution in [0.15, 0.2) is 18.2 Å². The fourth-order valence-corrected chi connectivity index (χ4v) is 1.61. The van der Waals surface area contributed by atoms with E-state index in [9.17, 15) is 0 Å². The molecule has 0 amide bonds. The molecule has 0 heterocycles. The summed E-state index contributed by atoms with van der Waals surface area (Å²) in [6.07, 6.45) is 0.881. The SMILES string of the molecule is CCOc1ccc(C(C)(N)CC)cc1OCC. The van der Waals surface area contributed by atoms with Crippen LogP contribution in [-0.2, 0) is 5.54 Å². The maximum atomic E-state index is 6.23. The van der Waals surface area contributed by atoms with Crippen LogP contribution in [0.1, 0.15) is 39.7 Å². The van der Waals surface area contributed by atoms with Crippen molar-refractivity contribution in [1.29, 1.82) is 0 Å². The van der Waals surface area contributed by atoms with Crippen molar-refractivity contribution >= 4 is 0 Å². The Bertz CT molecular complexity index is 361. The second kappa shape index (κ2) is 5.92. The Morgan fingerprint density at radius 1 is 1.06 bits per heavy atom. The summed E-state index contributed by atoms with van der Waals surface area (Å²) < 4.78 is 11.1. The zero-order chi connectivity index (χ0) is 12.9. The van der Waals surface area contributed by atoms with E-state index in [1.807, 2.05) is 39.0 Å². The fraction of sp³-hybridized carbons (Fsp3) is 0.571. The normalized spacial score (nSPS) is 14.2. The molecule has 0 aliphatic carbocycles. The van der Waals surface area contributed by atoms with Crippen molar-refractivity contribution in [3.05, 3.63) is 23.8 Å². The van der Waals surface area contributed by atoms with E-state index in [1.54, 1.807) is 0 Å². The molecule has 0 aliphatic heterocycles. The number of nitrogens with two attached hydrogens (primary N) is 1. The summed E-state index contributed by atoms with van der Waals surface area (Å²) in [6, 6.07) is 5.93. The monoisotopic (exact) mass is 237 g/mol. The summed E-state index contributed by atoms with van der Waals surface area (Å²) in [4.78, 5) is 0. The third-order valence-electron chi connectivity index (χ3n) is 2.94. The molecule has 1 aromatic carbocycles. The average Bonchev–Trinajstić information content (AvgIpc) is 2.32. The number of ether oxygens (including phenoxy) is 2. The first-order chi connectivity index (χ1) is 8.05. The van der Waals surface area contributed by atoms with Gasteiger partial charge in [-0.15, -0.1) is 0 Å². The highest BCUT2D eigenvalue weighted by atomic mass is 16.5. The van der Waals surface area contributed by atoms with Crippen LogP contribution in [0.5, 0.6) is 11.5 Å². The Morgan fingerprint density at radius 2 is 1.65 bits per heavy atom. The first-order valence-corrected chi connectivity index (χ1v) is 6.24. The van der Waals surface area contributed by atoms with Crippen LogP contribution < -0.4 is 15.2 Å². The molecule has 96 valence electrons. The third-order valence-corrected chi connectivity index (χ3v) is 2.94. The van der Waals surface area contributed by atoms with Crippen LogP contribution in [0.3, 0.4) is 0 Å². The molecule has 0 fully saturated rings. The molecule has 0 aliphatic rings. The van der Waals surface area contributed by atoms with Crippen LogP contribution >= 0.6 is 0 Å². The minimum absolute atomic E-state index is 0.323. The van der Waals surface area contributed by atoms with E-state index in [0.29, 0.717) is 13.2 Å². The summed E-state index contributed by atoms with van der Waals surface area (Å²) in [5, 5.41) is 0. The lowest BCUT2D eigenvalue weighted by molar-refractivity contribution is 0.286. The zero-order valence-electron chi connectivity index (χ0n) is 11.2. The van der Waals surface area contributed by atoms with Crippen LogP contribution in [0, 0.1) is 0 Å². The predicted molar refractivity (Wildman–Crippen MR) is 70.6 cm³/mol. The Morgan fingerprint density at radius 3 is 2.18 bits per heavy atom. The molecule has 0 saturated carbocycles. The van der Waals surface area contributed by atoms with E-state index in [1.165, 1.54) is 0 Å². The van der Waals surface area contributed by atoms with Crippen LogP contribution in [0.2, 0.25) is 0 Å². The number of benzene rings is 1. The summed E-state index contributed by atoms with van der Waals surface area (Å²) >= 11 is 0. The van der Waals surface area contributed by atoms with E-state index in [-0.39, 0.29) is 5.54 Å². The number of hydrogen-bond acceptors (Lipinski definition) is 3. The predicted octanol–water partition coefficient (Wildman–Crippen LogP) is 3.07. The Balaban J connectivity index is 3.08. The van der Waals surface area contributed by atoms with Crippen LogP contribution in [0.25, 0.3) is 0 Å². The highest BCUT2D eigenvalue weighted by molar-refractivity contribution is 5.44. The summed E-state index contributed by atoms with van der Waals surface area (Å²) in [5.41, 5.74) is 6.98. The van der Waals surface area contributed by atoms with Crippen molar-refractivity contribution in [3.8, 4) is 11.5 Å². The molecule has 1 unspecified atom stereocenters. The summed E-state index contributed by atoms with van der Waals surface area (Å²) in [7, 11) is 0. The van der Waals surface area contributed by atoms with Gasteiger partial charge in [0.2, 0.25) is 0 Å². The smallest absolute Gasteiger partial charge is 0.161 e. The zero-order valence-corrected chi connectivity index (χ0v) is 11.2. The summed E-state index contributed by atoms with van der Waals surface area (Å²) in [6.45, 7) is 9.28. The second-order valence-electron chi connectivity index (χ2n) is 4.30. The molecular formula is C14H23NO2. The van der Waals surface area contributed by atoms with Gasteiger partial charge in [-0.2, -0.15) is 0 Å². The fourth-order valence-electron chi connectivity index (χ4n) is 1.61. The topological polar surface area (TPSA) is 44.5 Å². The van der Waals surface area contributed by atoms with Gasteiger partial charge in [-0.1, -0.05) is 13.0 Å². The minimum Gasteiger partial charge on any atom is -0.490 e. The van der Waals surface area contributed by atoms with Crippen LogP contribution in [-0.4, -0.2) is 13.2 Å². The first kappa shape index (κ1) is 13.8. The quantitative estimate of drug-likeness (QED) is 0.827. The van der Waals surface area contributed by atoms with E-state index in [4.69, 9.17) is 15.2 Å². The molecule has 1 aromatic rings. The van der Waals surface area contributed by atoms with Gasteiger partial charge >= 0.3 is 0 Å². The van der Waals surface area contributed by atoms with Gasteiger partial charge in [-0.25, -0.2) is 0 Å². The van der Waals surface area contributed by atoms with Gasteiger partial charge in [0.1, 0.15) is 0 Å². The third kappa shape index (κ3) is 3.37. The van der Waals surface area contributed by atoms with Crippen molar-refractivity contribution in [2.45, 2.75) is 39.7 Å². The molecule has 3 nitrogen and oxygen atoms in total. The molecule has 1 rings (SSSR count). The molecule has 0 radical (unpaired) electrons. The minimum atomic E-state index is -0.323. The Kier molecular flexibility index (Phi) is 4.82. The van der Waals surface area contributed by atoms with Crippen molar-refractivity contribution in [2.24, 2.45) is 5.73 Å². The molecule has 0 bridgehead atoms. The van der Waals surface area contributed by atoms with Gasteiger partial charge in [0.15, 0.2) is 11.5 Å². The van der Waals surface area contributed by atoms with E-state index in [2.05, 4.69) is 6.92 Å². The standard InChI is InChI=1S/C14H23NO2/c1-5-14(4,15)11-8-9-12(16-6-2)13(10-11)17-7-3/h8-10H,5-7,15H2,1-4H3.